The van der Waals surface area contributed by atoms with E-state index < -0.39 is 4.92 Å². The van der Waals surface area contributed by atoms with Gasteiger partial charge in [0.1, 0.15) is 11.7 Å². The number of carbonyl (C=O) groups is 1. The summed E-state index contributed by atoms with van der Waals surface area (Å²) < 4.78 is 0. The van der Waals surface area contributed by atoms with Crippen molar-refractivity contribution in [3.63, 3.8) is 0 Å². The topological polar surface area (TPSA) is 88.8 Å². The molecule has 0 saturated heterocycles. The number of carbonyl (C=O) groups excluding carboxylic acids is 1. The summed E-state index contributed by atoms with van der Waals surface area (Å²) in [6.07, 6.45) is 0. The number of nitro benzene ring substituents is 1. The van der Waals surface area contributed by atoms with Crippen LogP contribution in [0.1, 0.15) is 18.5 Å². The molecule has 0 aromatic heterocycles. The maximum absolute atomic E-state index is 12.1. The summed E-state index contributed by atoms with van der Waals surface area (Å²) in [6.45, 7) is 2.05. The van der Waals surface area contributed by atoms with Crippen molar-refractivity contribution >= 4 is 40.5 Å². The van der Waals surface area contributed by atoms with Gasteiger partial charge in [-0.25, -0.2) is 0 Å². The van der Waals surface area contributed by atoms with Gasteiger partial charge in [0.25, 0.3) is 11.6 Å². The molecule has 24 heavy (non-hydrogen) atoms. The molecular formula is C16H16Cl2N3O3+. The van der Waals surface area contributed by atoms with E-state index in [4.69, 9.17) is 23.2 Å². The second kappa shape index (κ2) is 8.10. The second-order valence-electron chi connectivity index (χ2n) is 5.25. The van der Waals surface area contributed by atoms with Crippen molar-refractivity contribution < 1.29 is 15.0 Å². The van der Waals surface area contributed by atoms with Crippen LogP contribution < -0.4 is 10.6 Å². The molecular weight excluding hydrogens is 353 g/mol. The monoisotopic (exact) mass is 368 g/mol. The zero-order valence-corrected chi connectivity index (χ0v) is 14.3. The molecule has 0 unspecified atom stereocenters. The lowest BCUT2D eigenvalue weighted by molar-refractivity contribution is -0.682. The molecule has 1 atom stereocenters. The number of rotatable bonds is 6. The van der Waals surface area contributed by atoms with Crippen molar-refractivity contribution in [3.05, 3.63) is 68.2 Å². The highest BCUT2D eigenvalue weighted by Gasteiger charge is 2.18. The maximum atomic E-state index is 12.1. The van der Waals surface area contributed by atoms with E-state index in [1.165, 1.54) is 18.2 Å². The van der Waals surface area contributed by atoms with Gasteiger partial charge in [0.2, 0.25) is 0 Å². The third-order valence-electron chi connectivity index (χ3n) is 3.46. The Morgan fingerprint density at radius 1 is 1.25 bits per heavy atom. The van der Waals surface area contributed by atoms with Crippen LogP contribution in [0.5, 0.6) is 0 Å². The molecule has 1 amide bonds. The highest BCUT2D eigenvalue weighted by Crippen LogP contribution is 2.27. The molecule has 6 nitrogen and oxygen atoms in total. The SMILES string of the molecule is C[C@@H]([NH2+]CC(=O)Nc1cc(Cl)ccc1[N+](=O)[O-])c1cccc(Cl)c1. The van der Waals surface area contributed by atoms with E-state index in [1.807, 2.05) is 30.4 Å². The van der Waals surface area contributed by atoms with Crippen molar-refractivity contribution in [2.24, 2.45) is 0 Å². The molecule has 0 fully saturated rings. The van der Waals surface area contributed by atoms with E-state index in [0.29, 0.717) is 10.0 Å². The molecule has 0 aliphatic rings. The fourth-order valence-electron chi connectivity index (χ4n) is 2.18. The van der Waals surface area contributed by atoms with Gasteiger partial charge in [-0.1, -0.05) is 35.3 Å². The van der Waals surface area contributed by atoms with Crippen LogP contribution in [0.15, 0.2) is 42.5 Å². The average Bonchev–Trinajstić information content (AvgIpc) is 2.52. The Labute approximate surface area is 148 Å². The Morgan fingerprint density at radius 3 is 2.62 bits per heavy atom. The van der Waals surface area contributed by atoms with Gasteiger partial charge in [0.15, 0.2) is 6.54 Å². The number of nitrogens with two attached hydrogens (primary N) is 1. The molecule has 3 N–H and O–H groups in total. The van der Waals surface area contributed by atoms with Gasteiger partial charge in [-0.15, -0.1) is 0 Å². The lowest BCUT2D eigenvalue weighted by Gasteiger charge is -2.11. The number of benzene rings is 2. The first kappa shape index (κ1) is 18.2. The number of amides is 1. The molecule has 0 radical (unpaired) electrons. The van der Waals surface area contributed by atoms with Crippen LogP contribution in [0.2, 0.25) is 10.0 Å². The number of nitro groups is 1. The highest BCUT2D eigenvalue weighted by atomic mass is 35.5. The summed E-state index contributed by atoms with van der Waals surface area (Å²) in [7, 11) is 0. The molecule has 8 heteroatoms. The lowest BCUT2D eigenvalue weighted by Crippen LogP contribution is -2.86. The average molecular weight is 369 g/mol. The summed E-state index contributed by atoms with van der Waals surface area (Å²) in [4.78, 5) is 22.5. The standard InChI is InChI=1S/C16H15Cl2N3O3/c1-10(11-3-2-4-12(17)7-11)19-9-16(22)20-14-8-13(18)5-6-15(14)21(23)24/h2-8,10,19H,9H2,1H3,(H,20,22)/p+1/t10-/m1/s1. The van der Waals surface area contributed by atoms with Gasteiger partial charge >= 0.3 is 0 Å². The summed E-state index contributed by atoms with van der Waals surface area (Å²) in [5.41, 5.74) is 0.876. The molecule has 2 aromatic carbocycles. The Hall–Kier alpha value is -2.15. The first-order chi connectivity index (χ1) is 11.4. The minimum absolute atomic E-state index is 0.0174. The second-order valence-corrected chi connectivity index (χ2v) is 6.12. The van der Waals surface area contributed by atoms with Crippen molar-refractivity contribution in [1.29, 1.82) is 0 Å². The summed E-state index contributed by atoms with van der Waals surface area (Å²) >= 11 is 11.8. The molecule has 2 rings (SSSR count). The minimum atomic E-state index is -0.565. The number of anilines is 1. The van der Waals surface area contributed by atoms with Gasteiger partial charge in [-0.05, 0) is 31.2 Å². The van der Waals surface area contributed by atoms with Crippen molar-refractivity contribution in [1.82, 2.24) is 0 Å². The van der Waals surface area contributed by atoms with E-state index in [-0.39, 0.29) is 29.9 Å². The van der Waals surface area contributed by atoms with Gasteiger partial charge in [0, 0.05) is 21.7 Å². The van der Waals surface area contributed by atoms with Crippen LogP contribution >= 0.6 is 23.2 Å². The Bertz CT molecular complexity index is 768. The predicted molar refractivity (Wildman–Crippen MR) is 93.4 cm³/mol. The van der Waals surface area contributed by atoms with Gasteiger partial charge < -0.3 is 10.6 Å². The van der Waals surface area contributed by atoms with E-state index in [0.717, 1.165) is 5.56 Å². The van der Waals surface area contributed by atoms with Crippen molar-refractivity contribution in [2.45, 2.75) is 13.0 Å². The lowest BCUT2D eigenvalue weighted by atomic mass is 10.1. The predicted octanol–water partition coefficient (Wildman–Crippen LogP) is 3.16. The van der Waals surface area contributed by atoms with Crippen LogP contribution in [0.3, 0.4) is 0 Å². The van der Waals surface area contributed by atoms with Crippen molar-refractivity contribution in [2.75, 3.05) is 11.9 Å². The normalized spacial score (nSPS) is 11.8. The maximum Gasteiger partial charge on any atom is 0.292 e. The van der Waals surface area contributed by atoms with Crippen molar-refractivity contribution in [3.8, 4) is 0 Å². The smallest absolute Gasteiger partial charge is 0.292 e. The van der Waals surface area contributed by atoms with Crippen LogP contribution in [-0.2, 0) is 4.79 Å². The van der Waals surface area contributed by atoms with E-state index in [2.05, 4.69) is 5.32 Å². The van der Waals surface area contributed by atoms with Gasteiger partial charge in [0.05, 0.1) is 4.92 Å². The minimum Gasteiger partial charge on any atom is -0.333 e. The Morgan fingerprint density at radius 2 is 1.96 bits per heavy atom. The molecule has 0 bridgehead atoms. The number of hydrogen-bond donors (Lipinski definition) is 2. The number of nitrogens with one attached hydrogen (secondary N) is 1. The molecule has 126 valence electrons. The molecule has 0 saturated carbocycles. The number of halogens is 2. The fraction of sp³-hybridized carbons (Fsp3) is 0.188. The third kappa shape index (κ3) is 4.92. The van der Waals surface area contributed by atoms with E-state index in [9.17, 15) is 14.9 Å². The largest absolute Gasteiger partial charge is 0.333 e. The highest BCUT2D eigenvalue weighted by molar-refractivity contribution is 6.31. The fourth-order valence-corrected chi connectivity index (χ4v) is 2.55. The zero-order valence-electron chi connectivity index (χ0n) is 12.8. The third-order valence-corrected chi connectivity index (χ3v) is 3.93. The Kier molecular flexibility index (Phi) is 6.14. The van der Waals surface area contributed by atoms with E-state index in [1.54, 1.807) is 6.07 Å². The number of nitrogens with zero attached hydrogens (tertiary/aromatic N) is 1. The molecule has 0 heterocycles. The molecule has 0 aliphatic heterocycles. The summed E-state index contributed by atoms with van der Waals surface area (Å²) in [5.74, 6) is -0.353. The summed E-state index contributed by atoms with van der Waals surface area (Å²) in [6, 6.07) is 11.4. The quantitative estimate of drug-likeness (QED) is 0.606. The summed E-state index contributed by atoms with van der Waals surface area (Å²) in [5, 5.41) is 16.3. The van der Waals surface area contributed by atoms with Gasteiger partial charge in [-0.3, -0.25) is 14.9 Å². The van der Waals surface area contributed by atoms with Crippen LogP contribution in [0.4, 0.5) is 11.4 Å². The van der Waals surface area contributed by atoms with Crippen LogP contribution in [0.25, 0.3) is 0 Å². The van der Waals surface area contributed by atoms with Crippen LogP contribution in [0, 0.1) is 10.1 Å². The molecule has 2 aromatic rings. The zero-order chi connectivity index (χ0) is 17.7. The number of hydrogen-bond acceptors (Lipinski definition) is 3. The van der Waals surface area contributed by atoms with Gasteiger partial charge in [-0.2, -0.15) is 0 Å². The Balaban J connectivity index is 1.99. The van der Waals surface area contributed by atoms with Crippen LogP contribution in [-0.4, -0.2) is 17.4 Å². The van der Waals surface area contributed by atoms with E-state index >= 15 is 0 Å². The first-order valence-electron chi connectivity index (χ1n) is 7.19. The molecule has 0 aliphatic carbocycles. The number of quaternary nitrogens is 1. The molecule has 0 spiro atoms. The first-order valence-corrected chi connectivity index (χ1v) is 7.95.